The van der Waals surface area contributed by atoms with E-state index in [1.807, 2.05) is 48.5 Å². The van der Waals surface area contributed by atoms with E-state index < -0.39 is 5.63 Å². The van der Waals surface area contributed by atoms with Crippen LogP contribution in [-0.4, -0.2) is 5.11 Å². The summed E-state index contributed by atoms with van der Waals surface area (Å²) in [5, 5.41) is 11.7. The lowest BCUT2D eigenvalue weighted by atomic mass is 9.98. The lowest BCUT2D eigenvalue weighted by Gasteiger charge is -2.06. The van der Waals surface area contributed by atoms with Gasteiger partial charge >= 0.3 is 5.63 Å². The molecule has 0 amide bonds. The molecule has 2 heterocycles. The van der Waals surface area contributed by atoms with Crippen molar-refractivity contribution in [2.75, 3.05) is 0 Å². The van der Waals surface area contributed by atoms with Crippen LogP contribution in [0.1, 0.15) is 0 Å². The second-order valence-electron chi connectivity index (χ2n) is 6.31. The third-order valence-electron chi connectivity index (χ3n) is 4.64. The van der Waals surface area contributed by atoms with E-state index in [9.17, 15) is 9.90 Å². The minimum absolute atomic E-state index is 0.0564. The quantitative estimate of drug-likeness (QED) is 0.385. The zero-order valence-electron chi connectivity index (χ0n) is 14.2. The Hall–Kier alpha value is -3.37. The number of benzene rings is 3. The highest BCUT2D eigenvalue weighted by atomic mass is 32.1. The number of thiophene rings is 1. The number of fused-ring (bicyclic) bond motifs is 3. The van der Waals surface area contributed by atoms with Gasteiger partial charge in [0, 0.05) is 15.8 Å². The molecule has 3 nitrogen and oxygen atoms in total. The highest BCUT2D eigenvalue weighted by Crippen LogP contribution is 2.47. The van der Waals surface area contributed by atoms with Crippen molar-refractivity contribution in [3.63, 3.8) is 0 Å². The third-order valence-corrected chi connectivity index (χ3v) is 5.90. The second-order valence-corrected chi connectivity index (χ2v) is 7.33. The predicted molar refractivity (Wildman–Crippen MR) is 110 cm³/mol. The number of hydrogen-bond donors (Lipinski definition) is 1. The van der Waals surface area contributed by atoms with E-state index in [2.05, 4.69) is 24.3 Å². The van der Waals surface area contributed by atoms with Gasteiger partial charge in [0.1, 0.15) is 5.75 Å². The molecule has 0 atom stereocenters. The fourth-order valence-corrected chi connectivity index (χ4v) is 4.76. The molecule has 5 rings (SSSR count). The Balaban J connectivity index is 1.96. The molecule has 0 aliphatic heterocycles. The molecule has 5 aromatic rings. The largest absolute Gasteiger partial charge is 0.507 e. The van der Waals surface area contributed by atoms with Crippen molar-refractivity contribution in [2.45, 2.75) is 0 Å². The van der Waals surface area contributed by atoms with E-state index >= 15 is 0 Å². The van der Waals surface area contributed by atoms with E-state index in [1.165, 1.54) is 0 Å². The van der Waals surface area contributed by atoms with Crippen molar-refractivity contribution in [2.24, 2.45) is 0 Å². The molecule has 0 aliphatic rings. The number of hydrogen-bond acceptors (Lipinski definition) is 4. The van der Waals surface area contributed by atoms with Crippen molar-refractivity contribution >= 4 is 32.4 Å². The minimum atomic E-state index is -0.552. The summed E-state index contributed by atoms with van der Waals surface area (Å²) in [4.78, 5) is 13.0. The average Bonchev–Trinajstić information content (AvgIpc) is 3.09. The Kier molecular flexibility index (Phi) is 3.59. The van der Waals surface area contributed by atoms with Crippen LogP contribution in [0.5, 0.6) is 5.75 Å². The van der Waals surface area contributed by atoms with Gasteiger partial charge in [-0.2, -0.15) is 0 Å². The summed E-state index contributed by atoms with van der Waals surface area (Å²) in [5.74, 6) is -0.0564. The molecule has 1 N–H and O–H groups in total. The lowest BCUT2D eigenvalue weighted by Crippen LogP contribution is -1.95. The van der Waals surface area contributed by atoms with E-state index in [1.54, 1.807) is 11.3 Å². The molecule has 0 aliphatic carbocycles. The molecule has 0 bridgehead atoms. The van der Waals surface area contributed by atoms with E-state index in [0.717, 1.165) is 37.7 Å². The van der Waals surface area contributed by atoms with Crippen molar-refractivity contribution < 1.29 is 9.52 Å². The molecule has 2 aromatic heterocycles. The first-order valence-electron chi connectivity index (χ1n) is 8.55. The zero-order valence-corrected chi connectivity index (χ0v) is 15.0. The van der Waals surface area contributed by atoms with Crippen molar-refractivity contribution in [3.05, 3.63) is 89.3 Å². The van der Waals surface area contributed by atoms with Crippen molar-refractivity contribution in [3.8, 4) is 27.3 Å². The number of aromatic hydroxyl groups is 1. The Bertz CT molecular complexity index is 1330. The minimum Gasteiger partial charge on any atom is -0.507 e. The summed E-state index contributed by atoms with van der Waals surface area (Å²) in [7, 11) is 0. The van der Waals surface area contributed by atoms with E-state index in [4.69, 9.17) is 4.42 Å². The lowest BCUT2D eigenvalue weighted by molar-refractivity contribution is 0.468. The monoisotopic (exact) mass is 370 g/mol. The van der Waals surface area contributed by atoms with Gasteiger partial charge in [-0.1, -0.05) is 66.7 Å². The fraction of sp³-hybridized carbons (Fsp3) is 0. The van der Waals surface area contributed by atoms with Gasteiger partial charge in [0.15, 0.2) is 5.58 Å². The molecule has 0 radical (unpaired) electrons. The SMILES string of the molecule is O=c1cc(O)c2ccc3c(-c4ccccc4)c(-c4ccccc4)sc3c2o1. The third kappa shape index (κ3) is 2.54. The maximum Gasteiger partial charge on any atom is 0.339 e. The summed E-state index contributed by atoms with van der Waals surface area (Å²) in [5.41, 5.74) is 3.19. The molecule has 0 saturated heterocycles. The van der Waals surface area contributed by atoms with Crippen LogP contribution in [0.25, 0.3) is 42.6 Å². The maximum absolute atomic E-state index is 11.9. The molecule has 0 saturated carbocycles. The summed E-state index contributed by atoms with van der Waals surface area (Å²) in [6.45, 7) is 0. The highest BCUT2D eigenvalue weighted by Gasteiger charge is 2.19. The topological polar surface area (TPSA) is 50.4 Å². The van der Waals surface area contributed by atoms with Crippen molar-refractivity contribution in [1.29, 1.82) is 0 Å². The average molecular weight is 370 g/mol. The Morgan fingerprint density at radius 1 is 0.778 bits per heavy atom. The van der Waals surface area contributed by atoms with Crippen LogP contribution >= 0.6 is 11.3 Å². The maximum atomic E-state index is 11.9. The van der Waals surface area contributed by atoms with Crippen LogP contribution < -0.4 is 5.63 Å². The van der Waals surface area contributed by atoms with Crippen LogP contribution in [0.2, 0.25) is 0 Å². The van der Waals surface area contributed by atoms with Gasteiger partial charge in [0.25, 0.3) is 0 Å². The van der Waals surface area contributed by atoms with Crippen LogP contribution in [0.15, 0.2) is 88.1 Å². The molecule has 0 spiro atoms. The summed E-state index contributed by atoms with van der Waals surface area (Å²) >= 11 is 1.57. The first-order valence-corrected chi connectivity index (χ1v) is 9.37. The first-order chi connectivity index (χ1) is 13.2. The van der Waals surface area contributed by atoms with Crippen molar-refractivity contribution in [1.82, 2.24) is 0 Å². The highest BCUT2D eigenvalue weighted by molar-refractivity contribution is 7.24. The van der Waals surface area contributed by atoms with Gasteiger partial charge in [0.2, 0.25) is 0 Å². The second kappa shape index (κ2) is 6.11. The van der Waals surface area contributed by atoms with E-state index in [-0.39, 0.29) is 5.75 Å². The number of rotatable bonds is 2. The molecular formula is C23H14O3S. The summed E-state index contributed by atoms with van der Waals surface area (Å²) in [6, 6.07) is 25.3. The van der Waals surface area contributed by atoms with Crippen LogP contribution in [0, 0.1) is 0 Å². The first kappa shape index (κ1) is 15.9. The summed E-state index contributed by atoms with van der Waals surface area (Å²) in [6.07, 6.45) is 0. The molecule has 27 heavy (non-hydrogen) atoms. The van der Waals surface area contributed by atoms with Gasteiger partial charge in [-0.25, -0.2) is 4.79 Å². The molecule has 3 aromatic carbocycles. The van der Waals surface area contributed by atoms with Gasteiger partial charge in [-0.05, 0) is 17.2 Å². The molecule has 130 valence electrons. The van der Waals surface area contributed by atoms with Crippen LogP contribution in [0.3, 0.4) is 0 Å². The molecule has 0 unspecified atom stereocenters. The van der Waals surface area contributed by atoms with Gasteiger partial charge < -0.3 is 9.52 Å². The smallest absolute Gasteiger partial charge is 0.339 e. The predicted octanol–water partition coefficient (Wildman–Crippen LogP) is 6.05. The summed E-state index contributed by atoms with van der Waals surface area (Å²) < 4.78 is 6.35. The fourth-order valence-electron chi connectivity index (χ4n) is 3.44. The van der Waals surface area contributed by atoms with Crippen LogP contribution in [0.4, 0.5) is 0 Å². The van der Waals surface area contributed by atoms with Crippen LogP contribution in [-0.2, 0) is 0 Å². The van der Waals surface area contributed by atoms with E-state index in [0.29, 0.717) is 11.0 Å². The Morgan fingerprint density at radius 3 is 2.11 bits per heavy atom. The standard InChI is InChI=1S/C23H14O3S/c24-18-13-19(25)26-21-16(18)11-12-17-20(14-7-3-1-4-8-14)22(27-23(17)21)15-9-5-2-6-10-15/h1-13,24H. The van der Waals surface area contributed by atoms with Gasteiger partial charge in [-0.3, -0.25) is 0 Å². The molecule has 4 heteroatoms. The molecular weight excluding hydrogens is 356 g/mol. The normalized spacial score (nSPS) is 11.3. The molecule has 0 fully saturated rings. The Morgan fingerprint density at radius 2 is 1.41 bits per heavy atom. The van der Waals surface area contributed by atoms with Gasteiger partial charge in [0.05, 0.1) is 16.2 Å². The van der Waals surface area contributed by atoms with Gasteiger partial charge in [-0.15, -0.1) is 11.3 Å². The zero-order chi connectivity index (χ0) is 18.4. The Labute approximate surface area is 158 Å².